The standard InChI is InChI=1S/C29H28N6O2S/c1-18-11-20(14-34(3)29(37)27-16-38-17-30-27)9-10-22(18)28(36)32-19(2)24-12-26(21-13-31-35(4)15-21)33-25-8-6-5-7-23(24)25/h5-13,15-17,19H,14H2,1-4H3,(H,32,36)/t19-/m1/s1. The number of para-hydroxylation sites is 1. The van der Waals surface area contributed by atoms with Crippen molar-refractivity contribution in [3.8, 4) is 11.3 Å². The fourth-order valence-electron chi connectivity index (χ4n) is 4.55. The molecule has 9 heteroatoms. The van der Waals surface area contributed by atoms with Crippen LogP contribution in [0.4, 0.5) is 0 Å². The molecule has 0 aliphatic heterocycles. The minimum Gasteiger partial charge on any atom is -0.345 e. The van der Waals surface area contributed by atoms with Gasteiger partial charge in [-0.2, -0.15) is 5.10 Å². The van der Waals surface area contributed by atoms with Gasteiger partial charge in [0.1, 0.15) is 5.69 Å². The zero-order chi connectivity index (χ0) is 26.8. The highest BCUT2D eigenvalue weighted by atomic mass is 32.1. The fourth-order valence-corrected chi connectivity index (χ4v) is 5.08. The van der Waals surface area contributed by atoms with Crippen LogP contribution in [0.5, 0.6) is 0 Å². The van der Waals surface area contributed by atoms with Gasteiger partial charge in [-0.3, -0.25) is 14.3 Å². The molecular weight excluding hydrogens is 496 g/mol. The number of nitrogens with zero attached hydrogens (tertiary/aromatic N) is 5. The second-order valence-corrected chi connectivity index (χ2v) is 10.1. The largest absolute Gasteiger partial charge is 0.345 e. The lowest BCUT2D eigenvalue weighted by atomic mass is 9.99. The van der Waals surface area contributed by atoms with Gasteiger partial charge in [-0.25, -0.2) is 9.97 Å². The number of hydrogen-bond donors (Lipinski definition) is 1. The normalized spacial score (nSPS) is 11.9. The lowest BCUT2D eigenvalue weighted by molar-refractivity contribution is 0.0779. The van der Waals surface area contributed by atoms with E-state index in [0.717, 1.165) is 38.9 Å². The minimum atomic E-state index is -0.258. The Morgan fingerprint density at radius 3 is 2.68 bits per heavy atom. The van der Waals surface area contributed by atoms with E-state index in [1.807, 2.05) is 75.6 Å². The Balaban J connectivity index is 1.35. The van der Waals surface area contributed by atoms with Crippen LogP contribution in [0.15, 0.2) is 71.8 Å². The van der Waals surface area contributed by atoms with Crippen LogP contribution in [0.1, 0.15) is 50.5 Å². The Hall–Kier alpha value is -4.37. The molecule has 192 valence electrons. The first-order chi connectivity index (χ1) is 18.3. The van der Waals surface area contributed by atoms with Crippen molar-refractivity contribution in [3.05, 3.63) is 99.8 Å². The summed E-state index contributed by atoms with van der Waals surface area (Å²) in [5, 5.41) is 10.2. The second kappa shape index (κ2) is 10.5. The van der Waals surface area contributed by atoms with Crippen LogP contribution in [-0.4, -0.2) is 43.5 Å². The predicted molar refractivity (Wildman–Crippen MR) is 149 cm³/mol. The summed E-state index contributed by atoms with van der Waals surface area (Å²) in [6.45, 7) is 4.32. The van der Waals surface area contributed by atoms with Gasteiger partial charge in [0.15, 0.2) is 0 Å². The molecule has 3 aromatic heterocycles. The third kappa shape index (κ3) is 5.19. The summed E-state index contributed by atoms with van der Waals surface area (Å²) >= 11 is 1.39. The summed E-state index contributed by atoms with van der Waals surface area (Å²) in [6.07, 6.45) is 3.72. The van der Waals surface area contributed by atoms with Crippen LogP contribution in [0.2, 0.25) is 0 Å². The highest BCUT2D eigenvalue weighted by Gasteiger charge is 2.19. The monoisotopic (exact) mass is 524 g/mol. The molecule has 2 aromatic carbocycles. The van der Waals surface area contributed by atoms with Crippen molar-refractivity contribution in [1.82, 2.24) is 30.0 Å². The van der Waals surface area contributed by atoms with Crippen LogP contribution in [-0.2, 0) is 13.6 Å². The van der Waals surface area contributed by atoms with Gasteiger partial charge in [-0.1, -0.05) is 30.3 Å². The Morgan fingerprint density at radius 2 is 1.97 bits per heavy atom. The highest BCUT2D eigenvalue weighted by molar-refractivity contribution is 7.07. The average Bonchev–Trinajstić information content (AvgIpc) is 3.60. The molecule has 8 nitrogen and oxygen atoms in total. The summed E-state index contributed by atoms with van der Waals surface area (Å²) in [7, 11) is 3.62. The Labute approximate surface area is 225 Å². The molecule has 0 radical (unpaired) electrons. The molecule has 0 aliphatic carbocycles. The van der Waals surface area contributed by atoms with Gasteiger partial charge in [0.2, 0.25) is 0 Å². The molecule has 1 atom stereocenters. The summed E-state index contributed by atoms with van der Waals surface area (Å²) in [5.74, 6) is -0.285. The van der Waals surface area contributed by atoms with Gasteiger partial charge >= 0.3 is 0 Å². The summed E-state index contributed by atoms with van der Waals surface area (Å²) in [5.41, 5.74) is 8.05. The molecule has 0 saturated carbocycles. The first-order valence-corrected chi connectivity index (χ1v) is 13.2. The van der Waals surface area contributed by atoms with E-state index in [-0.39, 0.29) is 17.9 Å². The number of aromatic nitrogens is 4. The SMILES string of the molecule is Cc1cc(CN(C)C(=O)c2cscn2)ccc1C(=O)N[C@H](C)c1cc(-c2cnn(C)c2)nc2ccccc12. The highest BCUT2D eigenvalue weighted by Crippen LogP contribution is 2.29. The van der Waals surface area contributed by atoms with Gasteiger partial charge in [0.25, 0.3) is 11.8 Å². The molecule has 0 saturated heterocycles. The Kier molecular flexibility index (Phi) is 7.02. The fraction of sp³-hybridized carbons (Fsp3) is 0.207. The summed E-state index contributed by atoms with van der Waals surface area (Å²) in [4.78, 5) is 36.4. The van der Waals surface area contributed by atoms with Crippen LogP contribution >= 0.6 is 11.3 Å². The second-order valence-electron chi connectivity index (χ2n) is 9.40. The first-order valence-electron chi connectivity index (χ1n) is 12.2. The van der Waals surface area contributed by atoms with E-state index in [9.17, 15) is 9.59 Å². The Bertz CT molecular complexity index is 1630. The molecule has 0 fully saturated rings. The zero-order valence-corrected chi connectivity index (χ0v) is 22.5. The number of nitrogens with one attached hydrogen (secondary N) is 1. The predicted octanol–water partition coefficient (Wildman–Crippen LogP) is 5.16. The smallest absolute Gasteiger partial charge is 0.273 e. The van der Waals surface area contributed by atoms with E-state index >= 15 is 0 Å². The van der Waals surface area contributed by atoms with E-state index in [1.165, 1.54) is 11.3 Å². The molecule has 0 aliphatic rings. The third-order valence-corrected chi connectivity index (χ3v) is 7.10. The molecule has 3 heterocycles. The maximum absolute atomic E-state index is 13.3. The molecule has 38 heavy (non-hydrogen) atoms. The van der Waals surface area contributed by atoms with E-state index in [1.54, 1.807) is 33.7 Å². The lowest BCUT2D eigenvalue weighted by Gasteiger charge is -2.19. The Morgan fingerprint density at radius 1 is 1.16 bits per heavy atom. The number of rotatable bonds is 7. The van der Waals surface area contributed by atoms with Gasteiger partial charge in [0.05, 0.1) is 29.0 Å². The van der Waals surface area contributed by atoms with Crippen LogP contribution < -0.4 is 5.32 Å². The van der Waals surface area contributed by atoms with Gasteiger partial charge < -0.3 is 10.2 Å². The molecule has 0 unspecified atom stereocenters. The molecule has 0 spiro atoms. The molecule has 1 N–H and O–H groups in total. The van der Waals surface area contributed by atoms with Gasteiger partial charge in [0, 0.05) is 48.7 Å². The molecule has 2 amide bonds. The number of carbonyl (C=O) groups is 2. The molecule has 5 rings (SSSR count). The quantitative estimate of drug-likeness (QED) is 0.317. The number of benzene rings is 2. The van der Waals surface area contributed by atoms with E-state index in [2.05, 4.69) is 15.4 Å². The zero-order valence-electron chi connectivity index (χ0n) is 21.7. The number of aryl methyl sites for hydroxylation is 2. The van der Waals surface area contributed by atoms with Crippen molar-refractivity contribution in [1.29, 1.82) is 0 Å². The van der Waals surface area contributed by atoms with Gasteiger partial charge in [-0.05, 0) is 48.7 Å². The molecular formula is C29H28N6O2S. The maximum atomic E-state index is 13.3. The number of pyridine rings is 1. The van der Waals surface area contributed by atoms with Crippen LogP contribution in [0.3, 0.4) is 0 Å². The number of fused-ring (bicyclic) bond motifs is 1. The maximum Gasteiger partial charge on any atom is 0.273 e. The van der Waals surface area contributed by atoms with Crippen molar-refractivity contribution in [2.24, 2.45) is 7.05 Å². The van der Waals surface area contributed by atoms with Gasteiger partial charge in [-0.15, -0.1) is 11.3 Å². The van der Waals surface area contributed by atoms with Crippen LogP contribution in [0.25, 0.3) is 22.2 Å². The van der Waals surface area contributed by atoms with Crippen molar-refractivity contribution in [3.63, 3.8) is 0 Å². The topological polar surface area (TPSA) is 93.0 Å². The number of amides is 2. The number of carbonyl (C=O) groups excluding carboxylic acids is 2. The van der Waals surface area contributed by atoms with Crippen molar-refractivity contribution < 1.29 is 9.59 Å². The molecule has 0 bridgehead atoms. The average molecular weight is 525 g/mol. The lowest BCUT2D eigenvalue weighted by Crippen LogP contribution is -2.28. The summed E-state index contributed by atoms with van der Waals surface area (Å²) in [6, 6.07) is 15.4. The third-order valence-electron chi connectivity index (χ3n) is 6.52. The molecule has 5 aromatic rings. The minimum absolute atomic E-state index is 0.130. The van der Waals surface area contributed by atoms with E-state index in [4.69, 9.17) is 4.98 Å². The van der Waals surface area contributed by atoms with Crippen molar-refractivity contribution in [2.75, 3.05) is 7.05 Å². The number of hydrogen-bond acceptors (Lipinski definition) is 6. The summed E-state index contributed by atoms with van der Waals surface area (Å²) < 4.78 is 1.75. The first kappa shape index (κ1) is 25.3. The van der Waals surface area contributed by atoms with Crippen molar-refractivity contribution in [2.45, 2.75) is 26.4 Å². The number of thiazole rings is 1. The van der Waals surface area contributed by atoms with E-state index < -0.39 is 0 Å². The van der Waals surface area contributed by atoms with E-state index in [0.29, 0.717) is 17.8 Å². The van der Waals surface area contributed by atoms with Crippen LogP contribution in [0, 0.1) is 6.92 Å². The van der Waals surface area contributed by atoms with Crippen molar-refractivity contribution >= 4 is 34.1 Å².